The minimum absolute atomic E-state index is 0.103. The Morgan fingerprint density at radius 2 is 1.80 bits per heavy atom. The molecule has 8 nitrogen and oxygen atoms in total. The van der Waals surface area contributed by atoms with Crippen molar-refractivity contribution in [2.24, 2.45) is 0 Å². The van der Waals surface area contributed by atoms with E-state index in [4.69, 9.17) is 10.5 Å². The summed E-state index contributed by atoms with van der Waals surface area (Å²) in [6.45, 7) is 0. The number of nitrogens with one attached hydrogen (secondary N) is 2. The van der Waals surface area contributed by atoms with E-state index in [9.17, 15) is 13.2 Å². The highest BCUT2D eigenvalue weighted by Gasteiger charge is 2.30. The van der Waals surface area contributed by atoms with E-state index in [0.717, 1.165) is 12.1 Å². The highest BCUT2D eigenvalue weighted by Crippen LogP contribution is 2.31. The average molecular weight is 413 g/mol. The van der Waals surface area contributed by atoms with E-state index in [0.29, 0.717) is 23.0 Å². The number of hydrogen-bond donors (Lipinski definition) is 3. The Bertz CT molecular complexity index is 1160. The Balaban J connectivity index is 1.46. The molecule has 152 valence electrons. The van der Waals surface area contributed by atoms with Gasteiger partial charge < -0.3 is 20.8 Å². The minimum atomic E-state index is -4.43. The maximum Gasteiger partial charge on any atom is 0.416 e. The van der Waals surface area contributed by atoms with Crippen LogP contribution in [0.4, 0.5) is 30.8 Å². The number of aromatic nitrogens is 5. The standard InChI is InChI=1S/C19H14F3N7O/c20-19(21,22)12-2-1-3-13(10-12)25-18-27-16(28-29-18)11-4-6-14(7-5-11)30-15-8-9-24-17(23)26-15/h1-10H,(H2,23,24,26)(H2,25,27,28,29). The van der Waals surface area contributed by atoms with Gasteiger partial charge in [-0.15, -0.1) is 10.2 Å². The summed E-state index contributed by atoms with van der Waals surface area (Å²) in [7, 11) is 0. The van der Waals surface area contributed by atoms with Crippen LogP contribution in [0, 0.1) is 0 Å². The van der Waals surface area contributed by atoms with Gasteiger partial charge >= 0.3 is 6.18 Å². The average Bonchev–Trinajstić information content (AvgIpc) is 3.17. The lowest BCUT2D eigenvalue weighted by Gasteiger charge is -2.08. The molecule has 0 spiro atoms. The van der Waals surface area contributed by atoms with Crippen molar-refractivity contribution in [3.8, 4) is 23.0 Å². The number of aromatic amines is 1. The molecule has 0 bridgehead atoms. The second-order valence-corrected chi connectivity index (χ2v) is 6.11. The molecule has 30 heavy (non-hydrogen) atoms. The van der Waals surface area contributed by atoms with Gasteiger partial charge in [0.15, 0.2) is 5.82 Å². The number of rotatable bonds is 5. The van der Waals surface area contributed by atoms with E-state index in [1.807, 2.05) is 0 Å². The fourth-order valence-electron chi connectivity index (χ4n) is 2.57. The smallest absolute Gasteiger partial charge is 0.416 e. The van der Waals surface area contributed by atoms with E-state index >= 15 is 0 Å². The summed E-state index contributed by atoms with van der Waals surface area (Å²) in [6.07, 6.45) is -2.94. The maximum atomic E-state index is 12.8. The Morgan fingerprint density at radius 3 is 2.53 bits per heavy atom. The van der Waals surface area contributed by atoms with Crippen LogP contribution < -0.4 is 15.8 Å². The largest absolute Gasteiger partial charge is 0.439 e. The molecule has 0 radical (unpaired) electrons. The lowest BCUT2D eigenvalue weighted by atomic mass is 10.2. The van der Waals surface area contributed by atoms with Crippen molar-refractivity contribution in [2.75, 3.05) is 11.1 Å². The quantitative estimate of drug-likeness (QED) is 0.444. The first-order chi connectivity index (χ1) is 14.4. The molecule has 0 saturated heterocycles. The first-order valence-electron chi connectivity index (χ1n) is 8.60. The van der Waals surface area contributed by atoms with Gasteiger partial charge in [0, 0.05) is 23.5 Å². The Hall–Kier alpha value is -4.15. The van der Waals surface area contributed by atoms with Gasteiger partial charge in [-0.3, -0.25) is 0 Å². The molecule has 2 heterocycles. The lowest BCUT2D eigenvalue weighted by Crippen LogP contribution is -2.05. The van der Waals surface area contributed by atoms with E-state index in [-0.39, 0.29) is 17.6 Å². The summed E-state index contributed by atoms with van der Waals surface area (Å²) in [5.41, 5.74) is 5.70. The van der Waals surface area contributed by atoms with Crippen LogP contribution in [0.2, 0.25) is 0 Å². The van der Waals surface area contributed by atoms with Crippen molar-refractivity contribution in [3.05, 3.63) is 66.4 Å². The number of nitrogens with two attached hydrogens (primary N) is 1. The summed E-state index contributed by atoms with van der Waals surface area (Å²) in [5.74, 6) is 1.58. The fourth-order valence-corrected chi connectivity index (χ4v) is 2.57. The molecular weight excluding hydrogens is 399 g/mol. The maximum absolute atomic E-state index is 12.8. The summed E-state index contributed by atoms with van der Waals surface area (Å²) >= 11 is 0. The van der Waals surface area contributed by atoms with Crippen LogP contribution in [-0.2, 0) is 6.18 Å². The van der Waals surface area contributed by atoms with Crippen LogP contribution in [0.5, 0.6) is 11.6 Å². The van der Waals surface area contributed by atoms with Crippen molar-refractivity contribution in [2.45, 2.75) is 6.18 Å². The number of nitrogens with zero attached hydrogens (tertiary/aromatic N) is 4. The molecule has 2 aromatic heterocycles. The van der Waals surface area contributed by atoms with Gasteiger partial charge in [-0.1, -0.05) is 6.07 Å². The highest BCUT2D eigenvalue weighted by molar-refractivity contribution is 5.60. The van der Waals surface area contributed by atoms with Crippen molar-refractivity contribution in [1.29, 1.82) is 0 Å². The highest BCUT2D eigenvalue weighted by atomic mass is 19.4. The van der Waals surface area contributed by atoms with E-state index in [1.54, 1.807) is 30.3 Å². The van der Waals surface area contributed by atoms with Gasteiger partial charge in [-0.05, 0) is 42.5 Å². The van der Waals surface area contributed by atoms with Gasteiger partial charge in [0.1, 0.15) is 5.75 Å². The summed E-state index contributed by atoms with van der Waals surface area (Å²) in [5, 5.41) is 10.7. The zero-order chi connectivity index (χ0) is 21.1. The summed E-state index contributed by atoms with van der Waals surface area (Å²) in [4.78, 5) is 10.7. The van der Waals surface area contributed by atoms with Gasteiger partial charge in [-0.25, -0.2) is 4.98 Å². The molecule has 0 aliphatic rings. The third-order valence-electron chi connectivity index (χ3n) is 3.94. The van der Waals surface area contributed by atoms with Crippen LogP contribution in [0.3, 0.4) is 0 Å². The Labute approximate surface area is 168 Å². The second-order valence-electron chi connectivity index (χ2n) is 6.11. The number of hydrogen-bond acceptors (Lipinski definition) is 7. The van der Waals surface area contributed by atoms with Crippen molar-refractivity contribution >= 4 is 17.6 Å². The SMILES string of the molecule is Nc1nccc(Oc2ccc(-c3nnc(Nc4cccc(C(F)(F)F)c4)[nH]3)cc2)n1. The number of halogens is 3. The molecule has 0 aliphatic carbocycles. The molecule has 0 aliphatic heterocycles. The van der Waals surface area contributed by atoms with E-state index in [2.05, 4.69) is 30.5 Å². The predicted molar refractivity (Wildman–Crippen MR) is 103 cm³/mol. The van der Waals surface area contributed by atoms with Gasteiger partial charge in [0.2, 0.25) is 17.8 Å². The van der Waals surface area contributed by atoms with Crippen LogP contribution >= 0.6 is 0 Å². The zero-order valence-corrected chi connectivity index (χ0v) is 15.2. The molecular formula is C19H14F3N7O. The number of benzene rings is 2. The number of alkyl halides is 3. The first kappa shape index (κ1) is 19.2. The number of nitrogen functional groups attached to an aromatic ring is 1. The van der Waals surface area contributed by atoms with Crippen LogP contribution in [0.25, 0.3) is 11.4 Å². The van der Waals surface area contributed by atoms with Gasteiger partial charge in [-0.2, -0.15) is 18.2 Å². The molecule has 4 aromatic rings. The minimum Gasteiger partial charge on any atom is -0.439 e. The number of ether oxygens (including phenoxy) is 1. The Kier molecular flexibility index (Phi) is 4.92. The summed E-state index contributed by atoms with van der Waals surface area (Å²) in [6, 6.07) is 13.3. The first-order valence-corrected chi connectivity index (χ1v) is 8.60. The molecule has 0 unspecified atom stereocenters. The molecule has 0 saturated carbocycles. The molecule has 0 atom stereocenters. The molecule has 11 heteroatoms. The molecule has 0 fully saturated rings. The third-order valence-corrected chi connectivity index (χ3v) is 3.94. The predicted octanol–water partition coefficient (Wildman–Crippen LogP) is 4.40. The normalized spacial score (nSPS) is 11.3. The van der Waals surface area contributed by atoms with Crippen LogP contribution in [-0.4, -0.2) is 25.1 Å². The second kappa shape index (κ2) is 7.70. The fraction of sp³-hybridized carbons (Fsp3) is 0.0526. The van der Waals surface area contributed by atoms with E-state index < -0.39 is 11.7 Å². The summed E-state index contributed by atoms with van der Waals surface area (Å²) < 4.78 is 44.1. The molecule has 4 N–H and O–H groups in total. The zero-order valence-electron chi connectivity index (χ0n) is 15.2. The van der Waals surface area contributed by atoms with Gasteiger partial charge in [0.25, 0.3) is 0 Å². The van der Waals surface area contributed by atoms with Crippen LogP contribution in [0.15, 0.2) is 60.8 Å². The number of anilines is 3. The lowest BCUT2D eigenvalue weighted by molar-refractivity contribution is -0.137. The molecule has 2 aromatic carbocycles. The monoisotopic (exact) mass is 413 g/mol. The van der Waals surface area contributed by atoms with Crippen molar-refractivity contribution in [1.82, 2.24) is 25.1 Å². The molecule has 0 amide bonds. The topological polar surface area (TPSA) is 115 Å². The van der Waals surface area contributed by atoms with Crippen LogP contribution in [0.1, 0.15) is 5.56 Å². The number of H-pyrrole nitrogens is 1. The van der Waals surface area contributed by atoms with Crippen molar-refractivity contribution in [3.63, 3.8) is 0 Å². The van der Waals surface area contributed by atoms with Crippen molar-refractivity contribution < 1.29 is 17.9 Å². The third kappa shape index (κ3) is 4.46. The molecule has 4 rings (SSSR count). The van der Waals surface area contributed by atoms with Gasteiger partial charge in [0.05, 0.1) is 5.56 Å². The van der Waals surface area contributed by atoms with E-state index in [1.165, 1.54) is 18.3 Å². The Morgan fingerprint density at radius 1 is 1.00 bits per heavy atom.